The molecule has 0 fully saturated rings. The second kappa shape index (κ2) is 6.08. The molecule has 0 radical (unpaired) electrons. The van der Waals surface area contributed by atoms with Crippen LogP contribution in [0.2, 0.25) is 0 Å². The molecule has 0 atom stereocenters. The summed E-state index contributed by atoms with van der Waals surface area (Å²) in [7, 11) is 1.55. The first-order valence-corrected chi connectivity index (χ1v) is 5.66. The van der Waals surface area contributed by atoms with Gasteiger partial charge in [0.05, 0.1) is 7.11 Å². The lowest BCUT2D eigenvalue weighted by Gasteiger charge is -2.20. The summed E-state index contributed by atoms with van der Waals surface area (Å²) in [6, 6.07) is 6.73. The van der Waals surface area contributed by atoms with Crippen LogP contribution in [0.3, 0.4) is 0 Å². The maximum Gasteiger partial charge on any atom is 0.328 e. The van der Waals surface area contributed by atoms with Crippen molar-refractivity contribution in [1.29, 1.82) is 0 Å². The summed E-state index contributed by atoms with van der Waals surface area (Å²) in [4.78, 5) is 22.4. The Hall–Kier alpha value is -2.24. The van der Waals surface area contributed by atoms with Crippen molar-refractivity contribution in [3.05, 3.63) is 24.3 Å². The molecule has 0 saturated carbocycles. The van der Waals surface area contributed by atoms with Gasteiger partial charge in [-0.1, -0.05) is 0 Å². The van der Waals surface area contributed by atoms with E-state index in [1.165, 1.54) is 13.8 Å². The molecule has 1 aromatic rings. The van der Waals surface area contributed by atoms with Crippen molar-refractivity contribution >= 4 is 11.9 Å². The molecule has 0 bridgehead atoms. The zero-order valence-electron chi connectivity index (χ0n) is 11.1. The molecule has 104 valence electrons. The van der Waals surface area contributed by atoms with Crippen molar-refractivity contribution in [3.63, 3.8) is 0 Å². The van der Waals surface area contributed by atoms with E-state index < -0.39 is 17.4 Å². The maximum atomic E-state index is 11.5. The molecular formula is C13H17NO5. The summed E-state index contributed by atoms with van der Waals surface area (Å²) in [5.74, 6) is -0.415. The van der Waals surface area contributed by atoms with E-state index in [4.69, 9.17) is 14.6 Å². The summed E-state index contributed by atoms with van der Waals surface area (Å²) in [5, 5.41) is 11.2. The van der Waals surface area contributed by atoms with Crippen LogP contribution in [0.5, 0.6) is 11.5 Å². The standard InChI is InChI=1S/C13H17NO5/c1-13(2,12(16)17)14-11(15)8-19-10-6-4-9(18-3)5-7-10/h4-7H,8H2,1-3H3,(H,14,15)(H,16,17). The Kier molecular flexibility index (Phi) is 4.74. The smallest absolute Gasteiger partial charge is 0.328 e. The molecule has 0 heterocycles. The average Bonchev–Trinajstić information content (AvgIpc) is 2.36. The fourth-order valence-electron chi connectivity index (χ4n) is 1.26. The fraction of sp³-hybridized carbons (Fsp3) is 0.385. The van der Waals surface area contributed by atoms with E-state index in [0.717, 1.165) is 0 Å². The third-order valence-corrected chi connectivity index (χ3v) is 2.42. The Morgan fingerprint density at radius 2 is 1.74 bits per heavy atom. The molecule has 0 unspecified atom stereocenters. The van der Waals surface area contributed by atoms with Gasteiger partial charge in [0.15, 0.2) is 6.61 Å². The van der Waals surface area contributed by atoms with Gasteiger partial charge in [-0.25, -0.2) is 4.79 Å². The number of carbonyl (C=O) groups is 2. The molecule has 0 aliphatic heterocycles. The molecule has 0 aliphatic carbocycles. The van der Waals surface area contributed by atoms with Gasteiger partial charge in [-0.15, -0.1) is 0 Å². The summed E-state index contributed by atoms with van der Waals surface area (Å²) in [6.45, 7) is 2.56. The highest BCUT2D eigenvalue weighted by molar-refractivity contribution is 5.86. The zero-order valence-corrected chi connectivity index (χ0v) is 11.1. The Morgan fingerprint density at radius 3 is 2.21 bits per heavy atom. The number of hydrogen-bond acceptors (Lipinski definition) is 4. The van der Waals surface area contributed by atoms with E-state index in [1.54, 1.807) is 31.4 Å². The number of carbonyl (C=O) groups excluding carboxylic acids is 1. The number of nitrogens with one attached hydrogen (secondary N) is 1. The third kappa shape index (κ3) is 4.50. The summed E-state index contributed by atoms with van der Waals surface area (Å²) >= 11 is 0. The van der Waals surface area contributed by atoms with Crippen LogP contribution in [0.25, 0.3) is 0 Å². The van der Waals surface area contributed by atoms with E-state index in [1.807, 2.05) is 0 Å². The molecule has 6 heteroatoms. The lowest BCUT2D eigenvalue weighted by Crippen LogP contribution is -2.51. The van der Waals surface area contributed by atoms with Gasteiger partial charge in [0.2, 0.25) is 0 Å². The highest BCUT2D eigenvalue weighted by atomic mass is 16.5. The molecule has 6 nitrogen and oxygen atoms in total. The van der Waals surface area contributed by atoms with Crippen molar-refractivity contribution in [1.82, 2.24) is 5.32 Å². The van der Waals surface area contributed by atoms with Gasteiger partial charge >= 0.3 is 5.97 Å². The van der Waals surface area contributed by atoms with E-state index in [0.29, 0.717) is 11.5 Å². The van der Waals surface area contributed by atoms with E-state index in [2.05, 4.69) is 5.32 Å². The lowest BCUT2D eigenvalue weighted by molar-refractivity contribution is -0.146. The van der Waals surface area contributed by atoms with Gasteiger partial charge in [-0.2, -0.15) is 0 Å². The largest absolute Gasteiger partial charge is 0.497 e. The van der Waals surface area contributed by atoms with Crippen LogP contribution < -0.4 is 14.8 Å². The van der Waals surface area contributed by atoms with Gasteiger partial charge in [-0.3, -0.25) is 4.79 Å². The second-order valence-electron chi connectivity index (χ2n) is 4.44. The zero-order chi connectivity index (χ0) is 14.5. The predicted octanol–water partition coefficient (Wildman–Crippen LogP) is 1.05. The molecule has 2 N–H and O–H groups in total. The van der Waals surface area contributed by atoms with Crippen LogP contribution in [-0.2, 0) is 9.59 Å². The van der Waals surface area contributed by atoms with Gasteiger partial charge in [0.1, 0.15) is 17.0 Å². The number of ether oxygens (including phenoxy) is 2. The lowest BCUT2D eigenvalue weighted by atomic mass is 10.1. The Morgan fingerprint density at radius 1 is 1.21 bits per heavy atom. The number of carboxylic acids is 1. The first-order chi connectivity index (χ1) is 8.85. The molecule has 1 amide bonds. The van der Waals surface area contributed by atoms with Crippen molar-refractivity contribution in [3.8, 4) is 11.5 Å². The van der Waals surface area contributed by atoms with Crippen LogP contribution >= 0.6 is 0 Å². The highest BCUT2D eigenvalue weighted by Crippen LogP contribution is 2.16. The van der Waals surface area contributed by atoms with Crippen LogP contribution in [0.1, 0.15) is 13.8 Å². The van der Waals surface area contributed by atoms with Crippen molar-refractivity contribution in [2.24, 2.45) is 0 Å². The molecule has 0 aromatic heterocycles. The molecular weight excluding hydrogens is 250 g/mol. The Labute approximate surface area is 111 Å². The quantitative estimate of drug-likeness (QED) is 0.804. The summed E-state index contributed by atoms with van der Waals surface area (Å²) < 4.78 is 10.2. The minimum Gasteiger partial charge on any atom is -0.497 e. The number of methoxy groups -OCH3 is 1. The normalized spacial score (nSPS) is 10.7. The van der Waals surface area contributed by atoms with Crippen LogP contribution in [0.15, 0.2) is 24.3 Å². The molecule has 19 heavy (non-hydrogen) atoms. The number of benzene rings is 1. The first kappa shape index (κ1) is 14.8. The number of rotatable bonds is 6. The second-order valence-corrected chi connectivity index (χ2v) is 4.44. The summed E-state index contributed by atoms with van der Waals surface area (Å²) in [6.07, 6.45) is 0. The van der Waals surface area contributed by atoms with E-state index in [9.17, 15) is 9.59 Å². The molecule has 1 rings (SSSR count). The maximum absolute atomic E-state index is 11.5. The molecule has 0 spiro atoms. The predicted molar refractivity (Wildman–Crippen MR) is 68.3 cm³/mol. The van der Waals surface area contributed by atoms with Gasteiger partial charge in [0.25, 0.3) is 5.91 Å². The van der Waals surface area contributed by atoms with Gasteiger partial charge in [-0.05, 0) is 38.1 Å². The molecule has 0 saturated heterocycles. The van der Waals surface area contributed by atoms with Gasteiger partial charge < -0.3 is 19.9 Å². The number of aliphatic carboxylic acids is 1. The third-order valence-electron chi connectivity index (χ3n) is 2.42. The SMILES string of the molecule is COc1ccc(OCC(=O)NC(C)(C)C(=O)O)cc1. The average molecular weight is 267 g/mol. The minimum absolute atomic E-state index is 0.247. The molecule has 1 aromatic carbocycles. The van der Waals surface area contributed by atoms with E-state index in [-0.39, 0.29) is 6.61 Å². The van der Waals surface area contributed by atoms with Crippen LogP contribution in [0.4, 0.5) is 0 Å². The van der Waals surface area contributed by atoms with Crippen LogP contribution in [0, 0.1) is 0 Å². The number of carboxylic acid groups (broad SMARTS) is 1. The Bertz CT molecular complexity index is 453. The van der Waals surface area contributed by atoms with Crippen LogP contribution in [-0.4, -0.2) is 36.2 Å². The first-order valence-electron chi connectivity index (χ1n) is 5.66. The Balaban J connectivity index is 2.48. The fourth-order valence-corrected chi connectivity index (χ4v) is 1.26. The minimum atomic E-state index is -1.32. The highest BCUT2D eigenvalue weighted by Gasteiger charge is 2.28. The number of hydrogen-bond donors (Lipinski definition) is 2. The van der Waals surface area contributed by atoms with Crippen molar-refractivity contribution in [2.45, 2.75) is 19.4 Å². The van der Waals surface area contributed by atoms with E-state index >= 15 is 0 Å². The summed E-state index contributed by atoms with van der Waals surface area (Å²) in [5.41, 5.74) is -1.32. The van der Waals surface area contributed by atoms with Gasteiger partial charge in [0, 0.05) is 0 Å². The topological polar surface area (TPSA) is 84.9 Å². The number of amides is 1. The monoisotopic (exact) mass is 267 g/mol. The van der Waals surface area contributed by atoms with Crippen molar-refractivity contribution in [2.75, 3.05) is 13.7 Å². The van der Waals surface area contributed by atoms with Crippen molar-refractivity contribution < 1.29 is 24.2 Å². The molecule has 0 aliphatic rings.